The van der Waals surface area contributed by atoms with Crippen molar-refractivity contribution in [3.05, 3.63) is 52.6 Å². The van der Waals surface area contributed by atoms with E-state index in [0.29, 0.717) is 6.54 Å². The van der Waals surface area contributed by atoms with Gasteiger partial charge < -0.3 is 10.7 Å². The molecule has 3 N–H and O–H groups in total. The molecule has 84 valence electrons. The number of aromatic nitrogens is 2. The summed E-state index contributed by atoms with van der Waals surface area (Å²) in [5.74, 6) is 0.976. The van der Waals surface area contributed by atoms with Crippen molar-refractivity contribution in [2.75, 3.05) is 0 Å². The Labute approximate surface area is 95.7 Å². The molecule has 0 saturated carbocycles. The largest absolute Gasteiger partial charge is 0.345 e. The van der Waals surface area contributed by atoms with Crippen LogP contribution in [-0.2, 0) is 13.0 Å². The number of aromatic amines is 1. The zero-order valence-electron chi connectivity index (χ0n) is 9.75. The van der Waals surface area contributed by atoms with Gasteiger partial charge in [0.15, 0.2) is 0 Å². The molecule has 0 bridgehead atoms. The highest BCUT2D eigenvalue weighted by Gasteiger charge is 2.02. The molecule has 0 amide bonds. The molecule has 0 unspecified atom stereocenters. The summed E-state index contributed by atoms with van der Waals surface area (Å²) in [6.07, 6.45) is 2.64. The number of rotatable bonds is 3. The van der Waals surface area contributed by atoms with Gasteiger partial charge in [-0.2, -0.15) is 0 Å². The summed E-state index contributed by atoms with van der Waals surface area (Å²) in [6.45, 7) is 4.77. The highest BCUT2D eigenvalue weighted by atomic mass is 14.9. The van der Waals surface area contributed by atoms with Gasteiger partial charge in [0.05, 0.1) is 0 Å². The Kier molecular flexibility index (Phi) is 3.06. The predicted octanol–water partition coefficient (Wildman–Crippen LogP) is 2.08. The van der Waals surface area contributed by atoms with Crippen LogP contribution in [0.5, 0.6) is 0 Å². The second-order valence-electron chi connectivity index (χ2n) is 4.15. The molecule has 0 aliphatic carbocycles. The lowest BCUT2D eigenvalue weighted by atomic mass is 10.0. The number of H-pyrrole nitrogens is 1. The molecule has 0 aliphatic heterocycles. The summed E-state index contributed by atoms with van der Waals surface area (Å²) in [4.78, 5) is 7.51. The van der Waals surface area contributed by atoms with E-state index >= 15 is 0 Å². The van der Waals surface area contributed by atoms with Gasteiger partial charge in [-0.05, 0) is 30.5 Å². The Morgan fingerprint density at radius 2 is 2.06 bits per heavy atom. The molecule has 1 aromatic heterocycles. The monoisotopic (exact) mass is 215 g/mol. The standard InChI is InChI=1S/C13H17N3/c1-9-3-4-11(5-10(9)2)6-13-15-8-12(7-14)16-13/h3-5,8H,6-7,14H2,1-2H3,(H,15,16). The van der Waals surface area contributed by atoms with E-state index in [1.165, 1.54) is 16.7 Å². The summed E-state index contributed by atoms with van der Waals surface area (Å²) in [5, 5.41) is 0. The lowest BCUT2D eigenvalue weighted by molar-refractivity contribution is 0.966. The Balaban J connectivity index is 2.17. The lowest BCUT2D eigenvalue weighted by Gasteiger charge is -2.03. The van der Waals surface area contributed by atoms with Gasteiger partial charge in [-0.3, -0.25) is 0 Å². The molecule has 0 fully saturated rings. The summed E-state index contributed by atoms with van der Waals surface area (Å²) in [7, 11) is 0. The van der Waals surface area contributed by atoms with Gasteiger partial charge in [-0.1, -0.05) is 18.2 Å². The Bertz CT molecular complexity index is 486. The fourth-order valence-electron chi connectivity index (χ4n) is 1.71. The van der Waals surface area contributed by atoms with Crippen LogP contribution in [0.2, 0.25) is 0 Å². The van der Waals surface area contributed by atoms with Gasteiger partial charge in [-0.15, -0.1) is 0 Å². The molecule has 0 spiro atoms. The molecule has 1 heterocycles. The molecule has 3 nitrogen and oxygen atoms in total. The minimum absolute atomic E-state index is 0.514. The first-order valence-electron chi connectivity index (χ1n) is 5.48. The van der Waals surface area contributed by atoms with Gasteiger partial charge in [-0.25, -0.2) is 4.98 Å². The summed E-state index contributed by atoms with van der Waals surface area (Å²) in [6, 6.07) is 6.50. The number of nitrogens with one attached hydrogen (secondary N) is 1. The van der Waals surface area contributed by atoms with Crippen LogP contribution in [0.4, 0.5) is 0 Å². The quantitative estimate of drug-likeness (QED) is 0.823. The number of benzene rings is 1. The van der Waals surface area contributed by atoms with E-state index in [2.05, 4.69) is 42.0 Å². The van der Waals surface area contributed by atoms with Crippen molar-refractivity contribution < 1.29 is 0 Å². The smallest absolute Gasteiger partial charge is 0.110 e. The van der Waals surface area contributed by atoms with Crippen LogP contribution in [0.3, 0.4) is 0 Å². The van der Waals surface area contributed by atoms with Crippen LogP contribution in [-0.4, -0.2) is 9.97 Å². The van der Waals surface area contributed by atoms with Crippen LogP contribution in [0.15, 0.2) is 24.4 Å². The van der Waals surface area contributed by atoms with E-state index in [1.54, 1.807) is 6.20 Å². The third-order valence-corrected chi connectivity index (χ3v) is 2.84. The molecule has 0 atom stereocenters. The fraction of sp³-hybridized carbons (Fsp3) is 0.308. The van der Waals surface area contributed by atoms with E-state index in [9.17, 15) is 0 Å². The number of nitrogens with two attached hydrogens (primary N) is 1. The number of hydrogen-bond acceptors (Lipinski definition) is 2. The molecule has 0 saturated heterocycles. The van der Waals surface area contributed by atoms with Crippen molar-refractivity contribution in [3.8, 4) is 0 Å². The van der Waals surface area contributed by atoms with Crippen molar-refractivity contribution in [1.82, 2.24) is 9.97 Å². The topological polar surface area (TPSA) is 54.7 Å². The lowest BCUT2D eigenvalue weighted by Crippen LogP contribution is -1.97. The third kappa shape index (κ3) is 2.31. The Morgan fingerprint density at radius 3 is 2.69 bits per heavy atom. The van der Waals surface area contributed by atoms with Crippen molar-refractivity contribution in [2.45, 2.75) is 26.8 Å². The van der Waals surface area contributed by atoms with Crippen molar-refractivity contribution >= 4 is 0 Å². The molecular formula is C13H17N3. The molecule has 2 rings (SSSR count). The highest BCUT2D eigenvalue weighted by molar-refractivity contribution is 5.31. The molecule has 1 aromatic carbocycles. The van der Waals surface area contributed by atoms with Gasteiger partial charge in [0.2, 0.25) is 0 Å². The molecule has 0 aliphatic rings. The average Bonchev–Trinajstić information content (AvgIpc) is 2.71. The van der Waals surface area contributed by atoms with Gasteiger partial charge >= 0.3 is 0 Å². The first kappa shape index (κ1) is 10.9. The van der Waals surface area contributed by atoms with E-state index in [4.69, 9.17) is 5.73 Å². The maximum atomic E-state index is 5.53. The van der Waals surface area contributed by atoms with E-state index in [0.717, 1.165) is 17.9 Å². The molecular weight excluding hydrogens is 198 g/mol. The first-order valence-corrected chi connectivity index (χ1v) is 5.48. The molecule has 16 heavy (non-hydrogen) atoms. The molecule has 0 radical (unpaired) electrons. The van der Waals surface area contributed by atoms with Gasteiger partial charge in [0.25, 0.3) is 0 Å². The molecule has 3 heteroatoms. The zero-order chi connectivity index (χ0) is 11.5. The van der Waals surface area contributed by atoms with Gasteiger partial charge in [0.1, 0.15) is 5.82 Å². The summed E-state index contributed by atoms with van der Waals surface area (Å²) < 4.78 is 0. The van der Waals surface area contributed by atoms with Crippen LogP contribution < -0.4 is 5.73 Å². The Morgan fingerprint density at radius 1 is 1.25 bits per heavy atom. The first-order chi connectivity index (χ1) is 7.69. The minimum Gasteiger partial charge on any atom is -0.345 e. The second kappa shape index (κ2) is 4.49. The van der Waals surface area contributed by atoms with Crippen LogP contribution >= 0.6 is 0 Å². The summed E-state index contributed by atoms with van der Waals surface area (Å²) in [5.41, 5.74) is 10.4. The number of hydrogen-bond donors (Lipinski definition) is 2. The van der Waals surface area contributed by atoms with Crippen LogP contribution in [0.25, 0.3) is 0 Å². The van der Waals surface area contributed by atoms with Crippen molar-refractivity contribution in [1.29, 1.82) is 0 Å². The predicted molar refractivity (Wildman–Crippen MR) is 65.2 cm³/mol. The van der Waals surface area contributed by atoms with E-state index in [-0.39, 0.29) is 0 Å². The van der Waals surface area contributed by atoms with E-state index < -0.39 is 0 Å². The van der Waals surface area contributed by atoms with Crippen LogP contribution in [0.1, 0.15) is 28.2 Å². The average molecular weight is 215 g/mol. The number of imidazole rings is 1. The number of aryl methyl sites for hydroxylation is 2. The normalized spacial score (nSPS) is 10.7. The maximum Gasteiger partial charge on any atom is 0.110 e. The summed E-state index contributed by atoms with van der Waals surface area (Å²) >= 11 is 0. The van der Waals surface area contributed by atoms with Gasteiger partial charge in [0, 0.05) is 24.9 Å². The molecule has 2 aromatic rings. The van der Waals surface area contributed by atoms with Crippen molar-refractivity contribution in [2.24, 2.45) is 5.73 Å². The Hall–Kier alpha value is -1.61. The van der Waals surface area contributed by atoms with Crippen molar-refractivity contribution in [3.63, 3.8) is 0 Å². The third-order valence-electron chi connectivity index (χ3n) is 2.84. The zero-order valence-corrected chi connectivity index (χ0v) is 9.75. The SMILES string of the molecule is Cc1ccc(Cc2ncc(CN)[nH]2)cc1C. The minimum atomic E-state index is 0.514. The second-order valence-corrected chi connectivity index (χ2v) is 4.15. The maximum absolute atomic E-state index is 5.53. The number of nitrogens with zero attached hydrogens (tertiary/aromatic N) is 1. The highest BCUT2D eigenvalue weighted by Crippen LogP contribution is 2.12. The van der Waals surface area contributed by atoms with E-state index in [1.807, 2.05) is 0 Å². The van der Waals surface area contributed by atoms with Crippen LogP contribution in [0, 0.1) is 13.8 Å². The fourth-order valence-corrected chi connectivity index (χ4v) is 1.71.